The van der Waals surface area contributed by atoms with Gasteiger partial charge in [-0.15, -0.1) is 0 Å². The predicted octanol–water partition coefficient (Wildman–Crippen LogP) is 3.33. The second-order valence-corrected chi connectivity index (χ2v) is 9.49. The zero-order valence-corrected chi connectivity index (χ0v) is 20.9. The first kappa shape index (κ1) is 24.6. The first-order valence-corrected chi connectivity index (χ1v) is 12.8. The number of aromatic amines is 1. The quantitative estimate of drug-likeness (QED) is 0.333. The summed E-state index contributed by atoms with van der Waals surface area (Å²) in [6.45, 7) is 4.03. The van der Waals surface area contributed by atoms with Crippen LogP contribution in [0.4, 0.5) is 5.69 Å². The third-order valence-electron chi connectivity index (χ3n) is 6.92. The molecule has 1 aliphatic heterocycles. The van der Waals surface area contributed by atoms with E-state index in [9.17, 15) is 9.59 Å². The smallest absolute Gasteiger partial charge is 0.243 e. The summed E-state index contributed by atoms with van der Waals surface area (Å²) in [5.41, 5.74) is 4.25. The average Bonchev–Trinajstić information content (AvgIpc) is 3.35. The Balaban J connectivity index is 1.21. The number of nitrogens with one attached hydrogen (secondary N) is 3. The van der Waals surface area contributed by atoms with E-state index in [4.69, 9.17) is 0 Å². The number of benzene rings is 3. The van der Waals surface area contributed by atoms with E-state index >= 15 is 0 Å². The van der Waals surface area contributed by atoms with Crippen LogP contribution in [0.1, 0.15) is 11.1 Å². The molecule has 3 aromatic carbocycles. The Morgan fingerprint density at radius 2 is 1.51 bits per heavy atom. The van der Waals surface area contributed by atoms with E-state index in [2.05, 4.69) is 37.6 Å². The van der Waals surface area contributed by atoms with Gasteiger partial charge in [0.1, 0.15) is 6.04 Å². The van der Waals surface area contributed by atoms with Gasteiger partial charge in [0, 0.05) is 61.9 Å². The van der Waals surface area contributed by atoms with E-state index in [0.29, 0.717) is 13.0 Å². The van der Waals surface area contributed by atoms with Crippen LogP contribution in [-0.4, -0.2) is 60.5 Å². The molecular formula is C30H33N5O2. The van der Waals surface area contributed by atoms with Crippen molar-refractivity contribution in [2.45, 2.75) is 19.0 Å². The molecule has 2 heterocycles. The van der Waals surface area contributed by atoms with Gasteiger partial charge in [0.25, 0.3) is 0 Å². The first-order valence-electron chi connectivity index (χ1n) is 12.8. The van der Waals surface area contributed by atoms with Crippen molar-refractivity contribution >= 4 is 28.4 Å². The average molecular weight is 496 g/mol. The van der Waals surface area contributed by atoms with Crippen LogP contribution in [0.15, 0.2) is 91.1 Å². The van der Waals surface area contributed by atoms with Gasteiger partial charge in [-0.1, -0.05) is 66.7 Å². The molecule has 7 nitrogen and oxygen atoms in total. The molecule has 7 heteroatoms. The highest BCUT2D eigenvalue weighted by Crippen LogP contribution is 2.19. The van der Waals surface area contributed by atoms with Gasteiger partial charge >= 0.3 is 0 Å². The van der Waals surface area contributed by atoms with E-state index in [0.717, 1.165) is 48.2 Å². The van der Waals surface area contributed by atoms with Gasteiger partial charge in [-0.05, 0) is 29.3 Å². The van der Waals surface area contributed by atoms with Gasteiger partial charge in [0.2, 0.25) is 11.8 Å². The standard InChI is InChI=1S/C30H33N5O2/c36-29(22-34-15-17-35(18-16-34)25-11-5-2-6-12-25)33-28(30(37)32-20-23-9-3-1-4-10-23)19-24-21-31-27-14-8-7-13-26(24)27/h1-14,21,28,31H,15-20,22H2,(H,32,37)(H,33,36). The van der Waals surface area contributed by atoms with Gasteiger partial charge in [0.05, 0.1) is 6.54 Å². The lowest BCUT2D eigenvalue weighted by molar-refractivity contribution is -0.129. The second-order valence-electron chi connectivity index (χ2n) is 9.49. The number of anilines is 1. The van der Waals surface area contributed by atoms with E-state index in [-0.39, 0.29) is 18.4 Å². The number of nitrogens with zero attached hydrogens (tertiary/aromatic N) is 2. The molecule has 0 spiro atoms. The number of para-hydroxylation sites is 2. The van der Waals surface area contributed by atoms with Crippen LogP contribution < -0.4 is 15.5 Å². The lowest BCUT2D eigenvalue weighted by Crippen LogP contribution is -2.53. The fraction of sp³-hybridized carbons (Fsp3) is 0.267. The number of carbonyl (C=O) groups is 2. The van der Waals surface area contributed by atoms with Crippen LogP contribution in [0, 0.1) is 0 Å². The Labute approximate surface area is 217 Å². The van der Waals surface area contributed by atoms with Gasteiger partial charge in [0.15, 0.2) is 0 Å². The van der Waals surface area contributed by atoms with E-state index < -0.39 is 6.04 Å². The summed E-state index contributed by atoms with van der Waals surface area (Å²) in [4.78, 5) is 34.1. The van der Waals surface area contributed by atoms with E-state index in [1.807, 2.05) is 79.0 Å². The number of hydrogen-bond acceptors (Lipinski definition) is 4. The number of H-pyrrole nitrogens is 1. The van der Waals surface area contributed by atoms with Crippen LogP contribution in [0.5, 0.6) is 0 Å². The number of piperazine rings is 1. The molecule has 190 valence electrons. The Kier molecular flexibility index (Phi) is 7.81. The van der Waals surface area contributed by atoms with Crippen molar-refractivity contribution in [2.75, 3.05) is 37.6 Å². The summed E-state index contributed by atoms with van der Waals surface area (Å²) in [6, 6.07) is 27.5. The molecule has 4 aromatic rings. The van der Waals surface area contributed by atoms with Crippen LogP contribution in [0.2, 0.25) is 0 Å². The number of rotatable bonds is 9. The maximum absolute atomic E-state index is 13.3. The number of hydrogen-bond donors (Lipinski definition) is 3. The molecule has 0 bridgehead atoms. The summed E-state index contributed by atoms with van der Waals surface area (Å²) in [5, 5.41) is 7.10. The van der Waals surface area contributed by atoms with Crippen molar-refractivity contribution < 1.29 is 9.59 Å². The highest BCUT2D eigenvalue weighted by Gasteiger charge is 2.25. The molecule has 3 N–H and O–H groups in total. The Hall–Kier alpha value is -4.10. The molecule has 5 rings (SSSR count). The predicted molar refractivity (Wildman–Crippen MR) is 147 cm³/mol. The normalized spacial score (nSPS) is 14.9. The van der Waals surface area contributed by atoms with Crippen molar-refractivity contribution in [1.82, 2.24) is 20.5 Å². The Morgan fingerprint density at radius 3 is 2.27 bits per heavy atom. The molecule has 0 aliphatic carbocycles. The minimum Gasteiger partial charge on any atom is -0.369 e. The zero-order valence-electron chi connectivity index (χ0n) is 20.9. The highest BCUT2D eigenvalue weighted by atomic mass is 16.2. The third-order valence-corrected chi connectivity index (χ3v) is 6.92. The SMILES string of the molecule is O=C(CN1CCN(c2ccccc2)CC1)NC(Cc1c[nH]c2ccccc12)C(=O)NCc1ccccc1. The summed E-state index contributed by atoms with van der Waals surface area (Å²) in [7, 11) is 0. The summed E-state index contributed by atoms with van der Waals surface area (Å²) >= 11 is 0. The molecular weight excluding hydrogens is 462 g/mol. The highest BCUT2D eigenvalue weighted by molar-refractivity contribution is 5.90. The molecule has 0 saturated carbocycles. The Morgan fingerprint density at radius 1 is 0.838 bits per heavy atom. The van der Waals surface area contributed by atoms with Crippen molar-refractivity contribution in [1.29, 1.82) is 0 Å². The molecule has 1 fully saturated rings. The molecule has 1 aromatic heterocycles. The minimum absolute atomic E-state index is 0.132. The van der Waals surface area contributed by atoms with Gasteiger partial charge in [-0.25, -0.2) is 0 Å². The Bertz CT molecular complexity index is 1310. The molecule has 1 unspecified atom stereocenters. The first-order chi connectivity index (χ1) is 18.2. The summed E-state index contributed by atoms with van der Waals surface area (Å²) in [5.74, 6) is -0.316. The number of amides is 2. The zero-order chi connectivity index (χ0) is 25.5. The van der Waals surface area contributed by atoms with Crippen molar-refractivity contribution in [3.63, 3.8) is 0 Å². The monoisotopic (exact) mass is 495 g/mol. The number of carbonyl (C=O) groups excluding carboxylic acids is 2. The topological polar surface area (TPSA) is 80.5 Å². The van der Waals surface area contributed by atoms with Crippen LogP contribution in [0.25, 0.3) is 10.9 Å². The largest absolute Gasteiger partial charge is 0.369 e. The van der Waals surface area contributed by atoms with Crippen LogP contribution in [-0.2, 0) is 22.6 Å². The van der Waals surface area contributed by atoms with Crippen LogP contribution in [0.3, 0.4) is 0 Å². The van der Waals surface area contributed by atoms with Crippen molar-refractivity contribution in [2.24, 2.45) is 0 Å². The molecule has 0 radical (unpaired) electrons. The van der Waals surface area contributed by atoms with Gasteiger partial charge < -0.3 is 20.5 Å². The summed E-state index contributed by atoms with van der Waals surface area (Å²) in [6.07, 6.45) is 2.34. The molecule has 1 atom stereocenters. The fourth-order valence-electron chi connectivity index (χ4n) is 4.88. The van der Waals surface area contributed by atoms with Crippen molar-refractivity contribution in [3.05, 3.63) is 102 Å². The number of fused-ring (bicyclic) bond motifs is 1. The molecule has 1 aliphatic rings. The van der Waals surface area contributed by atoms with Gasteiger partial charge in [-0.3, -0.25) is 14.5 Å². The maximum Gasteiger partial charge on any atom is 0.243 e. The lowest BCUT2D eigenvalue weighted by Gasteiger charge is -2.35. The summed E-state index contributed by atoms with van der Waals surface area (Å²) < 4.78 is 0. The van der Waals surface area contributed by atoms with Crippen LogP contribution >= 0.6 is 0 Å². The second kappa shape index (κ2) is 11.8. The molecule has 1 saturated heterocycles. The molecule has 37 heavy (non-hydrogen) atoms. The lowest BCUT2D eigenvalue weighted by atomic mass is 10.0. The molecule has 2 amide bonds. The van der Waals surface area contributed by atoms with Crippen molar-refractivity contribution in [3.8, 4) is 0 Å². The third kappa shape index (κ3) is 6.37. The fourth-order valence-corrected chi connectivity index (χ4v) is 4.88. The maximum atomic E-state index is 13.3. The van der Waals surface area contributed by atoms with E-state index in [1.54, 1.807) is 0 Å². The minimum atomic E-state index is -0.666. The number of aromatic nitrogens is 1. The van der Waals surface area contributed by atoms with E-state index in [1.165, 1.54) is 5.69 Å². The van der Waals surface area contributed by atoms with Gasteiger partial charge in [-0.2, -0.15) is 0 Å².